The molecule has 2 heterocycles. The SMILES string of the molecule is COC(=O)c1ccc(S(=O)(=O)N2C[C@@H](C)[C@H](C(=O)O)C2)s1. The number of hydrogen-bond donors (Lipinski definition) is 1. The molecule has 0 radical (unpaired) electrons. The fraction of sp³-hybridized carbons (Fsp3) is 0.500. The Balaban J connectivity index is 2.25. The molecule has 2 atom stereocenters. The van der Waals surface area contributed by atoms with Crippen molar-refractivity contribution in [3.63, 3.8) is 0 Å². The molecule has 0 amide bonds. The molecule has 9 heteroatoms. The van der Waals surface area contributed by atoms with E-state index in [0.29, 0.717) is 0 Å². The van der Waals surface area contributed by atoms with Crippen LogP contribution in [0.25, 0.3) is 0 Å². The van der Waals surface area contributed by atoms with Gasteiger partial charge in [0, 0.05) is 13.1 Å². The van der Waals surface area contributed by atoms with E-state index in [4.69, 9.17) is 5.11 Å². The molecule has 7 nitrogen and oxygen atoms in total. The molecule has 1 N–H and O–H groups in total. The second-order valence-electron chi connectivity index (χ2n) is 4.85. The first-order valence-corrected chi connectivity index (χ1v) is 8.44. The molecule has 0 unspecified atom stereocenters. The summed E-state index contributed by atoms with van der Waals surface area (Å²) < 4.78 is 30.6. The Hall–Kier alpha value is -1.45. The minimum Gasteiger partial charge on any atom is -0.481 e. The zero-order valence-corrected chi connectivity index (χ0v) is 13.1. The van der Waals surface area contributed by atoms with Crippen LogP contribution in [0.4, 0.5) is 0 Å². The highest BCUT2D eigenvalue weighted by Gasteiger charge is 2.41. The number of esters is 1. The summed E-state index contributed by atoms with van der Waals surface area (Å²) >= 11 is 0.819. The molecule has 1 aliphatic rings. The van der Waals surface area contributed by atoms with Crippen molar-refractivity contribution < 1.29 is 27.9 Å². The van der Waals surface area contributed by atoms with Crippen LogP contribution >= 0.6 is 11.3 Å². The molecule has 0 spiro atoms. The van der Waals surface area contributed by atoms with E-state index < -0.39 is 27.9 Å². The van der Waals surface area contributed by atoms with Crippen molar-refractivity contribution in [3.05, 3.63) is 17.0 Å². The third kappa shape index (κ3) is 2.94. The van der Waals surface area contributed by atoms with Crippen LogP contribution in [0.15, 0.2) is 16.3 Å². The number of aliphatic carboxylic acids is 1. The highest BCUT2D eigenvalue weighted by atomic mass is 32.2. The number of thiophene rings is 1. The highest BCUT2D eigenvalue weighted by molar-refractivity contribution is 7.91. The van der Waals surface area contributed by atoms with Crippen molar-refractivity contribution in [3.8, 4) is 0 Å². The summed E-state index contributed by atoms with van der Waals surface area (Å²) in [5.74, 6) is -2.56. The van der Waals surface area contributed by atoms with Gasteiger partial charge in [0.25, 0.3) is 10.0 Å². The lowest BCUT2D eigenvalue weighted by Gasteiger charge is -2.14. The first-order chi connectivity index (χ1) is 9.77. The zero-order valence-electron chi connectivity index (χ0n) is 11.5. The summed E-state index contributed by atoms with van der Waals surface area (Å²) in [6.45, 7) is 1.82. The summed E-state index contributed by atoms with van der Waals surface area (Å²) in [6.07, 6.45) is 0. The van der Waals surface area contributed by atoms with E-state index >= 15 is 0 Å². The lowest BCUT2D eigenvalue weighted by molar-refractivity contribution is -0.142. The fourth-order valence-electron chi connectivity index (χ4n) is 2.24. The Bertz CT molecular complexity index is 665. The number of ether oxygens (including phenoxy) is 1. The molecule has 1 aromatic heterocycles. The number of methoxy groups -OCH3 is 1. The van der Waals surface area contributed by atoms with Gasteiger partial charge in [-0.3, -0.25) is 4.79 Å². The molecule has 1 saturated heterocycles. The topological polar surface area (TPSA) is 101 Å². The van der Waals surface area contributed by atoms with E-state index in [2.05, 4.69) is 4.74 Å². The van der Waals surface area contributed by atoms with Crippen LogP contribution in [0.5, 0.6) is 0 Å². The van der Waals surface area contributed by atoms with Crippen molar-refractivity contribution >= 4 is 33.3 Å². The number of carbonyl (C=O) groups is 2. The van der Waals surface area contributed by atoms with Crippen LogP contribution in [0, 0.1) is 11.8 Å². The largest absolute Gasteiger partial charge is 0.481 e. The molecular weight excluding hydrogens is 318 g/mol. The van der Waals surface area contributed by atoms with Crippen LogP contribution in [0.2, 0.25) is 0 Å². The van der Waals surface area contributed by atoms with Crippen molar-refractivity contribution in [2.24, 2.45) is 11.8 Å². The Morgan fingerprint density at radius 1 is 1.38 bits per heavy atom. The van der Waals surface area contributed by atoms with Gasteiger partial charge in [-0.2, -0.15) is 4.31 Å². The van der Waals surface area contributed by atoms with Crippen LogP contribution in [-0.4, -0.2) is 50.0 Å². The Morgan fingerprint density at radius 3 is 2.57 bits per heavy atom. The predicted molar refractivity (Wildman–Crippen MR) is 74.7 cm³/mol. The summed E-state index contributed by atoms with van der Waals surface area (Å²) in [7, 11) is -2.56. The van der Waals surface area contributed by atoms with E-state index in [9.17, 15) is 18.0 Å². The number of rotatable bonds is 4. The van der Waals surface area contributed by atoms with Gasteiger partial charge >= 0.3 is 11.9 Å². The molecule has 21 heavy (non-hydrogen) atoms. The maximum Gasteiger partial charge on any atom is 0.348 e. The van der Waals surface area contributed by atoms with E-state index in [1.807, 2.05) is 0 Å². The first-order valence-electron chi connectivity index (χ1n) is 6.18. The number of hydrogen-bond acceptors (Lipinski definition) is 6. The molecule has 1 aromatic rings. The van der Waals surface area contributed by atoms with E-state index in [1.165, 1.54) is 19.2 Å². The van der Waals surface area contributed by atoms with E-state index in [-0.39, 0.29) is 28.1 Å². The minimum atomic E-state index is -3.78. The van der Waals surface area contributed by atoms with Gasteiger partial charge in [-0.1, -0.05) is 6.92 Å². The van der Waals surface area contributed by atoms with Crippen molar-refractivity contribution in [2.45, 2.75) is 11.1 Å². The highest BCUT2D eigenvalue weighted by Crippen LogP contribution is 2.31. The Labute approximate surface area is 126 Å². The van der Waals surface area contributed by atoms with Crippen molar-refractivity contribution in [2.75, 3.05) is 20.2 Å². The van der Waals surface area contributed by atoms with E-state index in [0.717, 1.165) is 15.6 Å². The fourth-order valence-corrected chi connectivity index (χ4v) is 5.18. The molecular formula is C12H15NO6S2. The normalized spacial score (nSPS) is 23.1. The summed E-state index contributed by atoms with van der Waals surface area (Å²) in [6, 6.07) is 2.72. The number of carboxylic acid groups (broad SMARTS) is 1. The maximum absolute atomic E-state index is 12.5. The van der Waals surface area contributed by atoms with Gasteiger partial charge < -0.3 is 9.84 Å². The third-order valence-corrected chi connectivity index (χ3v) is 6.82. The van der Waals surface area contributed by atoms with Gasteiger partial charge in [-0.15, -0.1) is 11.3 Å². The monoisotopic (exact) mass is 333 g/mol. The van der Waals surface area contributed by atoms with Crippen molar-refractivity contribution in [1.82, 2.24) is 4.31 Å². The molecule has 1 aliphatic heterocycles. The number of nitrogens with zero attached hydrogens (tertiary/aromatic N) is 1. The standard InChI is InChI=1S/C12H15NO6S2/c1-7-5-13(6-8(7)11(14)15)21(17,18)10-4-3-9(20-10)12(16)19-2/h3-4,7-8H,5-6H2,1-2H3,(H,14,15)/t7-,8-/m1/s1. The molecule has 0 bridgehead atoms. The second kappa shape index (κ2) is 5.74. The summed E-state index contributed by atoms with van der Waals surface area (Å²) in [4.78, 5) is 22.6. The summed E-state index contributed by atoms with van der Waals surface area (Å²) in [5, 5.41) is 9.07. The van der Waals surface area contributed by atoms with Gasteiger partial charge in [-0.05, 0) is 18.1 Å². The second-order valence-corrected chi connectivity index (χ2v) is 8.10. The summed E-state index contributed by atoms with van der Waals surface area (Å²) in [5.41, 5.74) is 0. The van der Waals surface area contributed by atoms with Crippen molar-refractivity contribution in [1.29, 1.82) is 0 Å². The zero-order chi connectivity index (χ0) is 15.8. The van der Waals surface area contributed by atoms with Gasteiger partial charge in [-0.25, -0.2) is 13.2 Å². The third-order valence-electron chi connectivity index (χ3n) is 3.46. The lowest BCUT2D eigenvalue weighted by Crippen LogP contribution is -2.29. The average molecular weight is 333 g/mol. The maximum atomic E-state index is 12.5. The van der Waals surface area contributed by atoms with Gasteiger partial charge in [0.2, 0.25) is 0 Å². The molecule has 0 aromatic carbocycles. The Kier molecular flexibility index (Phi) is 4.35. The van der Waals surface area contributed by atoms with Crippen LogP contribution in [0.3, 0.4) is 0 Å². The number of carboxylic acids is 1. The average Bonchev–Trinajstić information content (AvgIpc) is 3.04. The lowest BCUT2D eigenvalue weighted by atomic mass is 9.99. The molecule has 0 aliphatic carbocycles. The van der Waals surface area contributed by atoms with Crippen LogP contribution in [-0.2, 0) is 19.6 Å². The van der Waals surface area contributed by atoms with Crippen LogP contribution in [0.1, 0.15) is 16.6 Å². The smallest absolute Gasteiger partial charge is 0.348 e. The molecule has 0 saturated carbocycles. The predicted octanol–water partition coefficient (Wildman–Crippen LogP) is 0.876. The number of carbonyl (C=O) groups excluding carboxylic acids is 1. The molecule has 1 fully saturated rings. The minimum absolute atomic E-state index is 0.0149. The van der Waals surface area contributed by atoms with Gasteiger partial charge in [0.05, 0.1) is 13.0 Å². The number of sulfonamides is 1. The quantitative estimate of drug-likeness (QED) is 0.821. The van der Waals surface area contributed by atoms with Gasteiger partial charge in [0.15, 0.2) is 0 Å². The molecule has 116 valence electrons. The van der Waals surface area contributed by atoms with Crippen LogP contribution < -0.4 is 0 Å². The Morgan fingerprint density at radius 2 is 2.05 bits per heavy atom. The van der Waals surface area contributed by atoms with Gasteiger partial charge in [0.1, 0.15) is 9.09 Å². The first kappa shape index (κ1) is 15.9. The molecule has 2 rings (SSSR count). The van der Waals surface area contributed by atoms with E-state index in [1.54, 1.807) is 6.92 Å².